The minimum absolute atomic E-state index is 0.0933. The van der Waals surface area contributed by atoms with E-state index >= 15 is 0 Å². The topological polar surface area (TPSA) is 39.8 Å². The summed E-state index contributed by atoms with van der Waals surface area (Å²) in [7, 11) is 0. The third-order valence-electron chi connectivity index (χ3n) is 4.32. The summed E-state index contributed by atoms with van der Waals surface area (Å²) in [6.45, 7) is -5.15. The Morgan fingerprint density at radius 1 is 1.45 bits per heavy atom. The first-order valence-corrected chi connectivity index (χ1v) is 7.12. The Balaban J connectivity index is 1.80. The lowest BCUT2D eigenvalue weighted by Crippen LogP contribution is -2.27. The third kappa shape index (κ3) is 1.83. The number of Topliss-reactive ketones (excluding diaryl/α,β-unsaturated/α-hetero) is 1. The Kier molecular flexibility index (Phi) is 1.60. The second-order valence-corrected chi connectivity index (χ2v) is 5.54. The fourth-order valence-corrected chi connectivity index (χ4v) is 3.23. The number of hydrogen-bond acceptors (Lipinski definition) is 2. The van der Waals surface area contributed by atoms with Crippen LogP contribution in [0.3, 0.4) is 0 Å². The lowest BCUT2D eigenvalue weighted by molar-refractivity contribution is 0.0888. The van der Waals surface area contributed by atoms with Crippen molar-refractivity contribution < 1.29 is 15.8 Å². The van der Waals surface area contributed by atoms with Crippen molar-refractivity contribution in [3.8, 4) is 0 Å². The van der Waals surface area contributed by atoms with Gasteiger partial charge in [0.1, 0.15) is 5.82 Å². The van der Waals surface area contributed by atoms with Crippen LogP contribution < -0.4 is 0 Å². The molecule has 22 heavy (non-hydrogen) atoms. The van der Waals surface area contributed by atoms with Gasteiger partial charge in [-0.2, -0.15) is 0 Å². The van der Waals surface area contributed by atoms with Crippen LogP contribution in [-0.2, 0) is 19.9 Å². The van der Waals surface area contributed by atoms with Crippen molar-refractivity contribution in [1.82, 2.24) is 14.1 Å². The number of carbonyl (C=O) groups is 1. The van der Waals surface area contributed by atoms with Gasteiger partial charge in [-0.25, -0.2) is 4.98 Å². The van der Waals surface area contributed by atoms with Crippen LogP contribution in [0.4, 0.5) is 0 Å². The number of para-hydroxylation sites is 1. The monoisotopic (exact) mass is 301 g/mol. The number of nitrogens with zero attached hydrogens (tertiary/aromatic N) is 3. The van der Waals surface area contributed by atoms with Crippen LogP contribution in [0, 0.1) is 12.8 Å². The first-order valence-electron chi connectivity index (χ1n) is 11.1. The first-order chi connectivity index (χ1) is 13.9. The Morgan fingerprint density at radius 2 is 2.36 bits per heavy atom. The van der Waals surface area contributed by atoms with Gasteiger partial charge in [-0.1, -0.05) is 18.2 Å². The zero-order valence-electron chi connectivity index (χ0n) is 19.8. The number of hydrogen-bond donors (Lipinski definition) is 0. The number of ketones is 1. The van der Waals surface area contributed by atoms with E-state index in [0.29, 0.717) is 35.0 Å². The van der Waals surface area contributed by atoms with E-state index in [0.717, 1.165) is 4.57 Å². The van der Waals surface area contributed by atoms with Gasteiger partial charge in [0.25, 0.3) is 0 Å². The van der Waals surface area contributed by atoms with E-state index in [9.17, 15) is 4.79 Å². The number of benzene rings is 1. The maximum atomic E-state index is 13.4. The molecular weight excluding hydrogens is 274 g/mol. The Hall–Kier alpha value is -2.36. The van der Waals surface area contributed by atoms with Crippen molar-refractivity contribution in [1.29, 1.82) is 0 Å². The van der Waals surface area contributed by atoms with E-state index < -0.39 is 25.9 Å². The smallest absolute Gasteiger partial charge is 0.170 e. The molecule has 2 aromatic heterocycles. The van der Waals surface area contributed by atoms with E-state index in [1.807, 2.05) is 0 Å². The first kappa shape index (κ1) is 7.27. The molecule has 4 nitrogen and oxygen atoms in total. The fourth-order valence-electron chi connectivity index (χ4n) is 3.23. The van der Waals surface area contributed by atoms with Crippen LogP contribution in [-0.4, -0.2) is 19.9 Å². The lowest BCUT2D eigenvalue weighted by atomic mass is 9.85. The Labute approximate surface area is 140 Å². The quantitative estimate of drug-likeness (QED) is 0.729. The maximum Gasteiger partial charge on any atom is 0.170 e. The van der Waals surface area contributed by atoms with Gasteiger partial charge < -0.3 is 9.13 Å². The van der Waals surface area contributed by atoms with Crippen molar-refractivity contribution in [2.24, 2.45) is 12.9 Å². The highest BCUT2D eigenvalue weighted by molar-refractivity contribution is 6.11. The SMILES string of the molecule is [2H]c1nc(C([2H])([2H])[2H])n(CC2CCc3c(c4ccccc4n3C([2H])([2H])[2H])C2=O)c1[2H]. The van der Waals surface area contributed by atoms with E-state index in [-0.39, 0.29) is 24.3 Å². The highest BCUT2D eigenvalue weighted by Crippen LogP contribution is 2.34. The second kappa shape index (κ2) is 4.83. The number of aryl methyl sites for hydroxylation is 2. The molecule has 0 radical (unpaired) electrons. The normalized spacial score (nSPS) is 24.4. The van der Waals surface area contributed by atoms with Crippen LogP contribution in [0.1, 0.15) is 39.3 Å². The number of rotatable bonds is 2. The molecule has 0 bridgehead atoms. The second-order valence-electron chi connectivity index (χ2n) is 5.54. The summed E-state index contributed by atoms with van der Waals surface area (Å²) in [5.41, 5.74) is 1.24. The van der Waals surface area contributed by atoms with E-state index in [1.54, 1.807) is 24.3 Å². The van der Waals surface area contributed by atoms with E-state index in [1.165, 1.54) is 4.57 Å². The minimum Gasteiger partial charge on any atom is -0.347 e. The predicted molar refractivity (Wildman–Crippen MR) is 86.0 cm³/mol. The van der Waals surface area contributed by atoms with Crippen LogP contribution in [0.25, 0.3) is 10.9 Å². The molecule has 1 aliphatic carbocycles. The number of carbonyl (C=O) groups excluding carboxylic acids is 1. The molecule has 4 rings (SSSR count). The van der Waals surface area contributed by atoms with Crippen LogP contribution in [0.2, 0.25) is 0 Å². The molecule has 0 amide bonds. The molecule has 0 N–H and O–H groups in total. The van der Waals surface area contributed by atoms with Gasteiger partial charge in [-0.15, -0.1) is 0 Å². The molecule has 1 aromatic carbocycles. The summed E-state index contributed by atoms with van der Waals surface area (Å²) in [6, 6.07) is 6.83. The standard InChI is InChI=1S/C18H19N3O/c1-12-19-9-10-21(12)11-13-7-8-16-17(18(13)22)14-5-3-4-6-15(14)20(16)2/h3-6,9-10,13H,7-8,11H2,1-2H3/i1D3,2D3,9D,10D. The van der Waals surface area contributed by atoms with Crippen LogP contribution >= 0.6 is 0 Å². The average molecular weight is 301 g/mol. The zero-order chi connectivity index (χ0) is 22.0. The lowest BCUT2D eigenvalue weighted by Gasteiger charge is -2.23. The van der Waals surface area contributed by atoms with Crippen molar-refractivity contribution >= 4 is 16.7 Å². The van der Waals surface area contributed by atoms with Crippen LogP contribution in [0.5, 0.6) is 0 Å². The largest absolute Gasteiger partial charge is 0.347 e. The number of imidazole rings is 1. The van der Waals surface area contributed by atoms with Gasteiger partial charge in [0.2, 0.25) is 0 Å². The average Bonchev–Trinajstić information content (AvgIpc) is 3.13. The zero-order valence-corrected chi connectivity index (χ0v) is 11.8. The van der Waals surface area contributed by atoms with E-state index in [4.69, 9.17) is 11.0 Å². The van der Waals surface area contributed by atoms with Crippen LogP contribution in [0.15, 0.2) is 36.6 Å². The summed E-state index contributed by atoms with van der Waals surface area (Å²) < 4.78 is 64.6. The summed E-state index contributed by atoms with van der Waals surface area (Å²) in [4.78, 5) is 17.1. The fraction of sp³-hybridized carbons (Fsp3) is 0.333. The number of aromatic nitrogens is 3. The summed E-state index contributed by atoms with van der Waals surface area (Å²) in [5.74, 6) is -1.32. The Morgan fingerprint density at radius 3 is 3.23 bits per heavy atom. The molecule has 1 unspecified atom stereocenters. The molecule has 0 saturated heterocycles. The van der Waals surface area contributed by atoms with Gasteiger partial charge >= 0.3 is 0 Å². The molecule has 1 atom stereocenters. The molecular formula is C18H19N3O. The van der Waals surface area contributed by atoms with Gasteiger partial charge in [0, 0.05) is 62.2 Å². The predicted octanol–water partition coefficient (Wildman–Crippen LogP) is 3.13. The highest BCUT2D eigenvalue weighted by Gasteiger charge is 2.32. The summed E-state index contributed by atoms with van der Waals surface area (Å²) >= 11 is 0. The van der Waals surface area contributed by atoms with E-state index in [2.05, 4.69) is 4.98 Å². The van der Waals surface area contributed by atoms with Gasteiger partial charge in [0.05, 0.1) is 2.74 Å². The van der Waals surface area contributed by atoms with Gasteiger partial charge in [0.15, 0.2) is 5.78 Å². The molecule has 112 valence electrons. The molecule has 3 aromatic rings. The number of fused-ring (bicyclic) bond motifs is 3. The van der Waals surface area contributed by atoms with Crippen molar-refractivity contribution in [3.05, 3.63) is 53.7 Å². The molecule has 4 heteroatoms. The molecule has 2 heterocycles. The summed E-state index contributed by atoms with van der Waals surface area (Å²) in [6.07, 6.45) is -0.171. The molecule has 1 aliphatic rings. The maximum absolute atomic E-state index is 13.4. The molecule has 0 saturated carbocycles. The molecule has 0 aliphatic heterocycles. The highest BCUT2D eigenvalue weighted by atomic mass is 16.1. The third-order valence-corrected chi connectivity index (χ3v) is 4.32. The van der Waals surface area contributed by atoms with Crippen molar-refractivity contribution in [2.45, 2.75) is 26.2 Å². The Bertz CT molecular complexity index is 1160. The van der Waals surface area contributed by atoms with Crippen molar-refractivity contribution in [2.75, 3.05) is 0 Å². The summed E-state index contributed by atoms with van der Waals surface area (Å²) in [5, 5.41) is 0.548. The van der Waals surface area contributed by atoms with Gasteiger partial charge in [-0.3, -0.25) is 4.79 Å². The molecule has 0 fully saturated rings. The van der Waals surface area contributed by atoms with Crippen molar-refractivity contribution in [3.63, 3.8) is 0 Å². The molecule has 0 spiro atoms. The minimum atomic E-state index is -2.62. The van der Waals surface area contributed by atoms with Gasteiger partial charge in [-0.05, 0) is 25.8 Å².